The molecule has 0 fully saturated rings. The average Bonchev–Trinajstić information content (AvgIpc) is 2.92. The zero-order valence-electron chi connectivity index (χ0n) is 14.2. The van der Waals surface area contributed by atoms with Gasteiger partial charge in [0, 0.05) is 12.6 Å². The fourth-order valence-corrected chi connectivity index (χ4v) is 2.60. The third-order valence-corrected chi connectivity index (χ3v) is 3.91. The van der Waals surface area contributed by atoms with Crippen molar-refractivity contribution in [3.05, 3.63) is 59.3 Å². The fourth-order valence-electron chi connectivity index (χ4n) is 2.60. The predicted molar refractivity (Wildman–Crippen MR) is 94.9 cm³/mol. The van der Waals surface area contributed by atoms with Crippen molar-refractivity contribution >= 4 is 17.8 Å². The number of aliphatic imine (C=N–C) groups is 1. The highest BCUT2D eigenvalue weighted by molar-refractivity contribution is 6.19. The molecule has 128 valence electrons. The molecule has 0 atom stereocenters. The van der Waals surface area contributed by atoms with Gasteiger partial charge in [0.15, 0.2) is 11.5 Å². The highest BCUT2D eigenvalue weighted by atomic mass is 16.5. The van der Waals surface area contributed by atoms with Crippen LogP contribution in [-0.2, 0) is 4.79 Å². The van der Waals surface area contributed by atoms with Gasteiger partial charge in [0.05, 0.1) is 14.2 Å². The van der Waals surface area contributed by atoms with Crippen LogP contribution in [0.1, 0.15) is 11.1 Å². The SMILES string of the molecule is COc1cc(C=C2N=C(c3ccccc3)N(C)C2=O)cc(OC)c1O. The lowest BCUT2D eigenvalue weighted by atomic mass is 10.1. The maximum Gasteiger partial charge on any atom is 0.277 e. The summed E-state index contributed by atoms with van der Waals surface area (Å²) >= 11 is 0. The van der Waals surface area contributed by atoms with Crippen LogP contribution in [0.4, 0.5) is 0 Å². The van der Waals surface area contributed by atoms with E-state index in [4.69, 9.17) is 9.47 Å². The molecule has 0 aromatic heterocycles. The third kappa shape index (κ3) is 3.06. The molecule has 1 aliphatic heterocycles. The second kappa shape index (κ2) is 6.68. The molecule has 0 saturated carbocycles. The van der Waals surface area contributed by atoms with E-state index in [1.165, 1.54) is 19.1 Å². The molecule has 3 rings (SSSR count). The van der Waals surface area contributed by atoms with Gasteiger partial charge in [-0.3, -0.25) is 9.69 Å². The molecule has 0 bridgehead atoms. The van der Waals surface area contributed by atoms with Gasteiger partial charge in [0.25, 0.3) is 5.91 Å². The Morgan fingerprint density at radius 1 is 1.08 bits per heavy atom. The summed E-state index contributed by atoms with van der Waals surface area (Å²) in [6, 6.07) is 12.7. The summed E-state index contributed by atoms with van der Waals surface area (Å²) < 4.78 is 10.3. The highest BCUT2D eigenvalue weighted by Crippen LogP contribution is 2.38. The number of carbonyl (C=O) groups excluding carboxylic acids is 1. The molecule has 0 radical (unpaired) electrons. The van der Waals surface area contributed by atoms with Gasteiger partial charge in [-0.15, -0.1) is 0 Å². The molecule has 1 N–H and O–H groups in total. The van der Waals surface area contributed by atoms with Gasteiger partial charge in [0.2, 0.25) is 5.75 Å². The Morgan fingerprint density at radius 2 is 1.68 bits per heavy atom. The van der Waals surface area contributed by atoms with Gasteiger partial charge in [-0.1, -0.05) is 30.3 Å². The molecule has 0 unspecified atom stereocenters. The van der Waals surface area contributed by atoms with Crippen LogP contribution in [0.2, 0.25) is 0 Å². The van der Waals surface area contributed by atoms with Gasteiger partial charge in [-0.05, 0) is 23.8 Å². The molecule has 6 heteroatoms. The number of phenolic OH excluding ortho intramolecular Hbond substituents is 1. The summed E-state index contributed by atoms with van der Waals surface area (Å²) in [7, 11) is 4.59. The first kappa shape index (κ1) is 16.6. The maximum absolute atomic E-state index is 12.5. The molecular weight excluding hydrogens is 320 g/mol. The van der Waals surface area contributed by atoms with Crippen LogP contribution in [0.5, 0.6) is 17.2 Å². The number of ether oxygens (including phenoxy) is 2. The van der Waals surface area contributed by atoms with Crippen LogP contribution >= 0.6 is 0 Å². The minimum absolute atomic E-state index is 0.0875. The van der Waals surface area contributed by atoms with E-state index >= 15 is 0 Å². The van der Waals surface area contributed by atoms with Gasteiger partial charge in [0.1, 0.15) is 11.5 Å². The van der Waals surface area contributed by atoms with E-state index in [-0.39, 0.29) is 23.2 Å². The molecule has 0 aliphatic carbocycles. The molecule has 6 nitrogen and oxygen atoms in total. The molecule has 0 spiro atoms. The Hall–Kier alpha value is -3.28. The highest BCUT2D eigenvalue weighted by Gasteiger charge is 2.27. The van der Waals surface area contributed by atoms with Crippen molar-refractivity contribution in [2.24, 2.45) is 4.99 Å². The first-order chi connectivity index (χ1) is 12.0. The van der Waals surface area contributed by atoms with Crippen molar-refractivity contribution in [2.45, 2.75) is 0 Å². The fraction of sp³-hybridized carbons (Fsp3) is 0.158. The van der Waals surface area contributed by atoms with Crippen molar-refractivity contribution < 1.29 is 19.4 Å². The predicted octanol–water partition coefficient (Wildman–Crippen LogP) is 2.67. The topological polar surface area (TPSA) is 71.4 Å². The number of amides is 1. The number of nitrogens with zero attached hydrogens (tertiary/aromatic N) is 2. The number of likely N-dealkylation sites (N-methyl/N-ethyl adjacent to an activating group) is 1. The Bertz CT molecular complexity index is 847. The number of methoxy groups -OCH3 is 2. The number of hydrogen-bond donors (Lipinski definition) is 1. The standard InChI is InChI=1S/C19H18N2O4/c1-21-18(13-7-5-4-6-8-13)20-14(19(21)23)9-12-10-15(24-2)17(22)16(11-12)25-3/h4-11,22H,1-3H3. The lowest BCUT2D eigenvalue weighted by Gasteiger charge is -2.11. The second-order valence-electron chi connectivity index (χ2n) is 5.47. The van der Waals surface area contributed by atoms with Crippen molar-refractivity contribution in [1.82, 2.24) is 4.90 Å². The van der Waals surface area contributed by atoms with E-state index in [0.29, 0.717) is 17.1 Å². The molecule has 2 aromatic carbocycles. The van der Waals surface area contributed by atoms with E-state index in [1.807, 2.05) is 30.3 Å². The van der Waals surface area contributed by atoms with Crippen LogP contribution in [0.15, 0.2) is 53.2 Å². The summed E-state index contributed by atoms with van der Waals surface area (Å²) in [4.78, 5) is 18.5. The summed E-state index contributed by atoms with van der Waals surface area (Å²) in [6.45, 7) is 0. The lowest BCUT2D eigenvalue weighted by molar-refractivity contribution is -0.121. The number of benzene rings is 2. The molecule has 1 amide bonds. The molecule has 1 aliphatic rings. The van der Waals surface area contributed by atoms with Crippen molar-refractivity contribution in [3.8, 4) is 17.2 Å². The number of hydrogen-bond acceptors (Lipinski definition) is 5. The lowest BCUT2D eigenvalue weighted by Crippen LogP contribution is -2.28. The van der Waals surface area contributed by atoms with E-state index in [1.54, 1.807) is 25.3 Å². The van der Waals surface area contributed by atoms with Crippen LogP contribution in [0, 0.1) is 0 Å². The van der Waals surface area contributed by atoms with Crippen LogP contribution < -0.4 is 9.47 Å². The average molecular weight is 338 g/mol. The molecule has 25 heavy (non-hydrogen) atoms. The van der Waals surface area contributed by atoms with Crippen LogP contribution in [-0.4, -0.2) is 43.0 Å². The van der Waals surface area contributed by atoms with E-state index < -0.39 is 0 Å². The molecule has 2 aromatic rings. The monoisotopic (exact) mass is 338 g/mol. The zero-order chi connectivity index (χ0) is 18.0. The van der Waals surface area contributed by atoms with Gasteiger partial charge < -0.3 is 14.6 Å². The number of rotatable bonds is 4. The minimum Gasteiger partial charge on any atom is -0.502 e. The zero-order valence-corrected chi connectivity index (χ0v) is 14.2. The van der Waals surface area contributed by atoms with Crippen molar-refractivity contribution in [1.29, 1.82) is 0 Å². The third-order valence-electron chi connectivity index (χ3n) is 3.91. The van der Waals surface area contributed by atoms with Gasteiger partial charge in [-0.25, -0.2) is 4.99 Å². The van der Waals surface area contributed by atoms with E-state index in [2.05, 4.69) is 4.99 Å². The van der Waals surface area contributed by atoms with Crippen molar-refractivity contribution in [2.75, 3.05) is 21.3 Å². The molecule has 1 heterocycles. The molecule has 0 saturated heterocycles. The Labute approximate surface area is 145 Å². The summed E-state index contributed by atoms with van der Waals surface area (Å²) in [6.07, 6.45) is 1.64. The smallest absolute Gasteiger partial charge is 0.277 e. The Morgan fingerprint density at radius 3 is 2.24 bits per heavy atom. The normalized spacial score (nSPS) is 15.5. The number of amidine groups is 1. The summed E-state index contributed by atoms with van der Waals surface area (Å²) in [5.74, 6) is 0.824. The number of phenols is 1. The minimum atomic E-state index is -0.204. The number of carbonyl (C=O) groups is 1. The van der Waals surface area contributed by atoms with E-state index in [9.17, 15) is 9.90 Å². The number of aromatic hydroxyl groups is 1. The summed E-state index contributed by atoms with van der Waals surface area (Å²) in [5.41, 5.74) is 1.81. The maximum atomic E-state index is 12.5. The van der Waals surface area contributed by atoms with Gasteiger partial charge in [-0.2, -0.15) is 0 Å². The first-order valence-electron chi connectivity index (χ1n) is 7.64. The van der Waals surface area contributed by atoms with Crippen molar-refractivity contribution in [3.63, 3.8) is 0 Å². The largest absolute Gasteiger partial charge is 0.502 e. The molecular formula is C19H18N2O4. The van der Waals surface area contributed by atoms with Crippen LogP contribution in [0.3, 0.4) is 0 Å². The Kier molecular flexibility index (Phi) is 4.43. The quantitative estimate of drug-likeness (QED) is 0.870. The second-order valence-corrected chi connectivity index (χ2v) is 5.47. The summed E-state index contributed by atoms with van der Waals surface area (Å²) in [5, 5.41) is 9.99. The van der Waals surface area contributed by atoms with Crippen LogP contribution in [0.25, 0.3) is 6.08 Å². The van der Waals surface area contributed by atoms with E-state index in [0.717, 1.165) is 5.56 Å². The first-order valence-corrected chi connectivity index (χ1v) is 7.64. The van der Waals surface area contributed by atoms with Gasteiger partial charge >= 0.3 is 0 Å². The Balaban J connectivity index is 2.04.